The predicted octanol–water partition coefficient (Wildman–Crippen LogP) is 3.74. The smallest absolute Gasteiger partial charge is 0.234 e. The van der Waals surface area contributed by atoms with Crippen molar-refractivity contribution in [3.63, 3.8) is 0 Å². The van der Waals surface area contributed by atoms with E-state index in [-0.39, 0.29) is 23.9 Å². The molecular formula is C14H13Cl2N3O2. The molecule has 0 amide bonds. The molecule has 5 nitrogen and oxygen atoms in total. The van der Waals surface area contributed by atoms with Crippen molar-refractivity contribution in [3.05, 3.63) is 28.2 Å². The first-order valence-electron chi connectivity index (χ1n) is 6.80. The van der Waals surface area contributed by atoms with E-state index in [2.05, 4.69) is 15.1 Å². The normalized spacial score (nSPS) is 15.5. The molecule has 0 N–H and O–H groups in total. The molecule has 0 aromatic carbocycles. The molecule has 0 unspecified atom stereocenters. The van der Waals surface area contributed by atoms with E-state index < -0.39 is 0 Å². The van der Waals surface area contributed by atoms with Gasteiger partial charge in [-0.1, -0.05) is 41.2 Å². The number of nitrogens with zero attached hydrogens (tertiary/aromatic N) is 3. The third kappa shape index (κ3) is 3.24. The van der Waals surface area contributed by atoms with E-state index in [1.165, 1.54) is 6.20 Å². The van der Waals surface area contributed by atoms with Gasteiger partial charge in [-0.25, -0.2) is 4.98 Å². The molecule has 1 saturated carbocycles. The summed E-state index contributed by atoms with van der Waals surface area (Å²) in [7, 11) is 0. The SMILES string of the molecule is O=C(Cc1nc(-c2ncc(Cl)cc2Cl)no1)C1CCCC1. The molecule has 0 spiro atoms. The van der Waals surface area contributed by atoms with Gasteiger partial charge in [-0.3, -0.25) is 4.79 Å². The maximum atomic E-state index is 12.1. The molecule has 0 aliphatic heterocycles. The first-order chi connectivity index (χ1) is 10.1. The first-order valence-corrected chi connectivity index (χ1v) is 7.56. The van der Waals surface area contributed by atoms with Crippen LogP contribution >= 0.6 is 23.2 Å². The molecule has 1 aliphatic carbocycles. The predicted molar refractivity (Wildman–Crippen MR) is 78.2 cm³/mol. The molecule has 1 aliphatic rings. The summed E-state index contributed by atoms with van der Waals surface area (Å²) < 4.78 is 5.12. The van der Waals surface area contributed by atoms with Gasteiger partial charge in [0.2, 0.25) is 11.7 Å². The van der Waals surface area contributed by atoms with Gasteiger partial charge in [-0.05, 0) is 18.9 Å². The fourth-order valence-corrected chi connectivity index (χ4v) is 3.01. The molecule has 110 valence electrons. The highest BCUT2D eigenvalue weighted by Crippen LogP contribution is 2.28. The van der Waals surface area contributed by atoms with E-state index in [1.54, 1.807) is 6.07 Å². The highest BCUT2D eigenvalue weighted by molar-refractivity contribution is 6.35. The molecule has 0 atom stereocenters. The van der Waals surface area contributed by atoms with E-state index >= 15 is 0 Å². The molecule has 3 rings (SSSR count). The number of ketones is 1. The zero-order valence-corrected chi connectivity index (χ0v) is 12.7. The number of pyridine rings is 1. The third-order valence-electron chi connectivity index (χ3n) is 3.62. The molecule has 7 heteroatoms. The van der Waals surface area contributed by atoms with Gasteiger partial charge in [0.25, 0.3) is 0 Å². The summed E-state index contributed by atoms with van der Waals surface area (Å²) in [6.07, 6.45) is 5.80. The number of hydrogen-bond donors (Lipinski definition) is 0. The Bertz CT molecular complexity index is 666. The Morgan fingerprint density at radius 1 is 1.33 bits per heavy atom. The number of carbonyl (C=O) groups excluding carboxylic acids is 1. The van der Waals surface area contributed by atoms with Crippen LogP contribution in [0.5, 0.6) is 0 Å². The molecule has 1 fully saturated rings. The minimum Gasteiger partial charge on any atom is -0.338 e. The lowest BCUT2D eigenvalue weighted by Gasteiger charge is -2.04. The van der Waals surface area contributed by atoms with Crippen LogP contribution in [-0.2, 0) is 11.2 Å². The maximum Gasteiger partial charge on any atom is 0.234 e. The van der Waals surface area contributed by atoms with Crippen LogP contribution in [0.15, 0.2) is 16.8 Å². The van der Waals surface area contributed by atoms with Crippen molar-refractivity contribution in [1.82, 2.24) is 15.1 Å². The lowest BCUT2D eigenvalue weighted by molar-refractivity contribution is -0.122. The lowest BCUT2D eigenvalue weighted by Crippen LogP contribution is -2.13. The Balaban J connectivity index is 1.75. The van der Waals surface area contributed by atoms with Crippen molar-refractivity contribution in [2.24, 2.45) is 5.92 Å². The highest BCUT2D eigenvalue weighted by atomic mass is 35.5. The molecular weight excluding hydrogens is 313 g/mol. The minimum atomic E-state index is 0.137. The average Bonchev–Trinajstić information content (AvgIpc) is 3.09. The monoisotopic (exact) mass is 325 g/mol. The molecule has 2 heterocycles. The van der Waals surface area contributed by atoms with Crippen LogP contribution in [-0.4, -0.2) is 20.9 Å². The van der Waals surface area contributed by atoms with Gasteiger partial charge in [0.1, 0.15) is 11.5 Å². The van der Waals surface area contributed by atoms with Crippen LogP contribution in [0, 0.1) is 5.92 Å². The van der Waals surface area contributed by atoms with Crippen molar-refractivity contribution in [3.8, 4) is 11.5 Å². The third-order valence-corrected chi connectivity index (χ3v) is 4.12. The number of aromatic nitrogens is 3. The molecule has 0 saturated heterocycles. The van der Waals surface area contributed by atoms with E-state index in [1.807, 2.05) is 0 Å². The maximum absolute atomic E-state index is 12.1. The zero-order valence-electron chi connectivity index (χ0n) is 11.2. The summed E-state index contributed by atoms with van der Waals surface area (Å²) in [4.78, 5) is 20.4. The van der Waals surface area contributed by atoms with Crippen molar-refractivity contribution in [2.45, 2.75) is 32.1 Å². The van der Waals surface area contributed by atoms with Crippen molar-refractivity contribution in [1.29, 1.82) is 0 Å². The van der Waals surface area contributed by atoms with Gasteiger partial charge in [0.15, 0.2) is 0 Å². The number of carbonyl (C=O) groups is 1. The lowest BCUT2D eigenvalue weighted by atomic mass is 10.0. The zero-order chi connectivity index (χ0) is 14.8. The average molecular weight is 326 g/mol. The highest BCUT2D eigenvalue weighted by Gasteiger charge is 2.24. The van der Waals surface area contributed by atoms with Crippen molar-refractivity contribution >= 4 is 29.0 Å². The molecule has 0 radical (unpaired) electrons. The van der Waals surface area contributed by atoms with Crippen LogP contribution in [0.4, 0.5) is 0 Å². The number of hydrogen-bond acceptors (Lipinski definition) is 5. The Labute approximate surface area is 131 Å². The van der Waals surface area contributed by atoms with Gasteiger partial charge < -0.3 is 4.52 Å². The summed E-state index contributed by atoms with van der Waals surface area (Å²) in [5.41, 5.74) is 0.393. The van der Waals surface area contributed by atoms with Gasteiger partial charge >= 0.3 is 0 Å². The second-order valence-electron chi connectivity index (χ2n) is 5.12. The quantitative estimate of drug-likeness (QED) is 0.856. The Morgan fingerprint density at radius 2 is 2.10 bits per heavy atom. The van der Waals surface area contributed by atoms with E-state index in [9.17, 15) is 4.79 Å². The van der Waals surface area contributed by atoms with Gasteiger partial charge in [0, 0.05) is 12.1 Å². The number of Topliss-reactive ketones (excluding diaryl/α,β-unsaturated/α-hetero) is 1. The topological polar surface area (TPSA) is 68.9 Å². The summed E-state index contributed by atoms with van der Waals surface area (Å²) in [6.45, 7) is 0. The largest absolute Gasteiger partial charge is 0.338 e. The fourth-order valence-electron chi connectivity index (χ4n) is 2.54. The molecule has 2 aromatic heterocycles. The molecule has 21 heavy (non-hydrogen) atoms. The summed E-state index contributed by atoms with van der Waals surface area (Å²) in [6, 6.07) is 1.56. The Kier molecular flexibility index (Phi) is 4.22. The van der Waals surface area contributed by atoms with Crippen LogP contribution in [0.1, 0.15) is 31.6 Å². The van der Waals surface area contributed by atoms with E-state index in [4.69, 9.17) is 27.7 Å². The number of rotatable bonds is 4. The van der Waals surface area contributed by atoms with Crippen LogP contribution in [0.25, 0.3) is 11.5 Å². The van der Waals surface area contributed by atoms with Gasteiger partial charge in [-0.15, -0.1) is 0 Å². The van der Waals surface area contributed by atoms with E-state index in [0.29, 0.717) is 21.6 Å². The standard InChI is InChI=1S/C14H13Cl2N3O2/c15-9-5-10(16)13(17-7-9)14-18-12(21-19-14)6-11(20)8-3-1-2-4-8/h5,7-8H,1-4,6H2. The van der Waals surface area contributed by atoms with Crippen LogP contribution in [0.3, 0.4) is 0 Å². The van der Waals surface area contributed by atoms with Gasteiger partial charge in [-0.2, -0.15) is 4.98 Å². The van der Waals surface area contributed by atoms with Gasteiger partial charge in [0.05, 0.1) is 16.5 Å². The van der Waals surface area contributed by atoms with Crippen LogP contribution in [0.2, 0.25) is 10.0 Å². The summed E-state index contributed by atoms with van der Waals surface area (Å²) >= 11 is 11.8. The molecule has 0 bridgehead atoms. The second-order valence-corrected chi connectivity index (χ2v) is 5.96. The summed E-state index contributed by atoms with van der Waals surface area (Å²) in [5, 5.41) is 4.61. The minimum absolute atomic E-state index is 0.137. The Morgan fingerprint density at radius 3 is 2.81 bits per heavy atom. The Hall–Kier alpha value is -1.46. The second kappa shape index (κ2) is 6.12. The summed E-state index contributed by atoms with van der Waals surface area (Å²) in [5.74, 6) is 0.871. The van der Waals surface area contributed by atoms with Crippen molar-refractivity contribution in [2.75, 3.05) is 0 Å². The van der Waals surface area contributed by atoms with Crippen molar-refractivity contribution < 1.29 is 9.32 Å². The number of halogens is 2. The van der Waals surface area contributed by atoms with Crippen LogP contribution < -0.4 is 0 Å². The molecule has 2 aromatic rings. The van der Waals surface area contributed by atoms with E-state index in [0.717, 1.165) is 25.7 Å². The first kappa shape index (κ1) is 14.5. The fraction of sp³-hybridized carbons (Fsp3) is 0.429.